The molecule has 0 atom stereocenters. The first-order chi connectivity index (χ1) is 16.6. The number of amides is 1. The van der Waals surface area contributed by atoms with Gasteiger partial charge in [0, 0.05) is 20.1 Å². The lowest BCUT2D eigenvalue weighted by Gasteiger charge is -2.26. The van der Waals surface area contributed by atoms with Gasteiger partial charge in [-0.15, -0.1) is 0 Å². The Morgan fingerprint density at radius 1 is 0.971 bits per heavy atom. The van der Waals surface area contributed by atoms with Gasteiger partial charge < -0.3 is 19.5 Å². The first kappa shape index (κ1) is 26.9. The van der Waals surface area contributed by atoms with Crippen LogP contribution in [0.5, 0.6) is 11.5 Å². The fraction of sp³-hybridized carbons (Fsp3) is 0.409. The number of rotatable bonds is 11. The summed E-state index contributed by atoms with van der Waals surface area (Å²) in [6.07, 6.45) is 0. The summed E-state index contributed by atoms with van der Waals surface area (Å²) in [7, 11) is -4.61. The fourth-order valence-corrected chi connectivity index (χ4v) is 5.81. The molecule has 1 aliphatic heterocycles. The second-order valence-corrected chi connectivity index (χ2v) is 11.6. The Kier molecular flexibility index (Phi) is 9.08. The summed E-state index contributed by atoms with van der Waals surface area (Å²) in [6.45, 7) is 1.28. The van der Waals surface area contributed by atoms with E-state index in [2.05, 4.69) is 5.32 Å². The largest absolute Gasteiger partial charge is 0.497 e. The van der Waals surface area contributed by atoms with Gasteiger partial charge in [-0.2, -0.15) is 8.61 Å². The molecule has 1 saturated heterocycles. The van der Waals surface area contributed by atoms with Crippen molar-refractivity contribution in [2.75, 3.05) is 60.2 Å². The normalized spacial score (nSPS) is 15.1. The molecule has 0 bridgehead atoms. The number of hydrogen-bond acceptors (Lipinski definition) is 8. The van der Waals surface area contributed by atoms with Crippen LogP contribution in [0.2, 0.25) is 0 Å². The van der Waals surface area contributed by atoms with Gasteiger partial charge in [-0.1, -0.05) is 0 Å². The maximum Gasteiger partial charge on any atom is 0.243 e. The maximum absolute atomic E-state index is 12.6. The Labute approximate surface area is 205 Å². The van der Waals surface area contributed by atoms with Crippen LogP contribution in [0, 0.1) is 0 Å². The van der Waals surface area contributed by atoms with Gasteiger partial charge in [-0.05, 0) is 48.5 Å². The van der Waals surface area contributed by atoms with Crippen LogP contribution in [0.3, 0.4) is 0 Å². The smallest absolute Gasteiger partial charge is 0.243 e. The predicted molar refractivity (Wildman–Crippen MR) is 127 cm³/mol. The summed E-state index contributed by atoms with van der Waals surface area (Å²) < 4.78 is 68.6. The highest BCUT2D eigenvalue weighted by Crippen LogP contribution is 2.21. The number of nitrogens with one attached hydrogen (secondary N) is 1. The molecule has 0 radical (unpaired) electrons. The minimum atomic E-state index is -3.83. The molecule has 1 heterocycles. The molecule has 11 nitrogen and oxygen atoms in total. The van der Waals surface area contributed by atoms with Gasteiger partial charge in [0.1, 0.15) is 18.1 Å². The summed E-state index contributed by atoms with van der Waals surface area (Å²) in [5.74, 6) is 0.484. The van der Waals surface area contributed by atoms with E-state index < -0.39 is 26.0 Å². The molecule has 13 heteroatoms. The molecule has 3 rings (SSSR count). The summed E-state index contributed by atoms with van der Waals surface area (Å²) in [5, 5.41) is 2.60. The van der Waals surface area contributed by atoms with Gasteiger partial charge in [0.05, 0.1) is 43.2 Å². The van der Waals surface area contributed by atoms with Crippen LogP contribution in [-0.2, 0) is 29.6 Å². The number of hydrogen-bond donors (Lipinski definition) is 1. The van der Waals surface area contributed by atoms with E-state index in [0.717, 1.165) is 4.31 Å². The number of carbonyl (C=O) groups is 1. The zero-order chi connectivity index (χ0) is 25.5. The van der Waals surface area contributed by atoms with E-state index in [-0.39, 0.29) is 29.5 Å². The van der Waals surface area contributed by atoms with E-state index in [9.17, 15) is 21.6 Å². The van der Waals surface area contributed by atoms with E-state index >= 15 is 0 Å². The van der Waals surface area contributed by atoms with Gasteiger partial charge in [-0.25, -0.2) is 16.8 Å². The quantitative estimate of drug-likeness (QED) is 0.419. The Bertz CT molecular complexity index is 1190. The molecule has 192 valence electrons. The van der Waals surface area contributed by atoms with Crippen molar-refractivity contribution in [3.8, 4) is 11.5 Å². The third-order valence-corrected chi connectivity index (χ3v) is 8.99. The van der Waals surface area contributed by atoms with Crippen LogP contribution in [-0.4, -0.2) is 91.5 Å². The van der Waals surface area contributed by atoms with Gasteiger partial charge in [0.25, 0.3) is 0 Å². The molecule has 0 aromatic heterocycles. The zero-order valence-electron chi connectivity index (χ0n) is 19.5. The molecule has 1 N–H and O–H groups in total. The van der Waals surface area contributed by atoms with Crippen molar-refractivity contribution in [3.05, 3.63) is 48.5 Å². The molecule has 1 amide bonds. The number of methoxy groups -OCH3 is 1. The Hall–Kier alpha value is -2.71. The monoisotopic (exact) mass is 527 g/mol. The van der Waals surface area contributed by atoms with E-state index in [1.54, 1.807) is 12.1 Å². The third-order valence-electron chi connectivity index (χ3n) is 5.26. The first-order valence-corrected chi connectivity index (χ1v) is 13.7. The SMILES string of the molecule is COc1ccc(S(=O)(=O)N(C)CC(=O)NCCOc2ccc(S(=O)(=O)N3CCOCC3)cc2)cc1. The Morgan fingerprint density at radius 2 is 1.54 bits per heavy atom. The molecule has 35 heavy (non-hydrogen) atoms. The van der Waals surface area contributed by atoms with Crippen LogP contribution in [0.25, 0.3) is 0 Å². The zero-order valence-corrected chi connectivity index (χ0v) is 21.2. The van der Waals surface area contributed by atoms with E-state index in [4.69, 9.17) is 14.2 Å². The summed E-state index contributed by atoms with van der Waals surface area (Å²) in [5.41, 5.74) is 0. The molecule has 0 unspecified atom stereocenters. The fourth-order valence-electron chi connectivity index (χ4n) is 3.27. The van der Waals surface area contributed by atoms with Crippen molar-refractivity contribution < 1.29 is 35.8 Å². The predicted octanol–water partition coefficient (Wildman–Crippen LogP) is 0.532. The van der Waals surface area contributed by atoms with Crippen molar-refractivity contribution in [1.29, 1.82) is 0 Å². The summed E-state index contributed by atoms with van der Waals surface area (Å²) in [6, 6.07) is 11.9. The lowest BCUT2D eigenvalue weighted by atomic mass is 10.3. The molecule has 2 aromatic rings. The van der Waals surface area contributed by atoms with Crippen LogP contribution in [0.4, 0.5) is 0 Å². The maximum atomic E-state index is 12.6. The number of carbonyl (C=O) groups excluding carboxylic acids is 1. The number of benzene rings is 2. The number of morpholine rings is 1. The average molecular weight is 528 g/mol. The van der Waals surface area contributed by atoms with Crippen molar-refractivity contribution in [3.63, 3.8) is 0 Å². The third kappa shape index (κ3) is 6.92. The van der Waals surface area contributed by atoms with Crippen molar-refractivity contribution >= 4 is 26.0 Å². The highest BCUT2D eigenvalue weighted by molar-refractivity contribution is 7.89. The average Bonchev–Trinajstić information content (AvgIpc) is 2.87. The Morgan fingerprint density at radius 3 is 2.14 bits per heavy atom. The van der Waals surface area contributed by atoms with E-state index in [1.807, 2.05) is 0 Å². The van der Waals surface area contributed by atoms with Crippen LogP contribution in [0.1, 0.15) is 0 Å². The Balaban J connectivity index is 1.44. The number of sulfonamides is 2. The van der Waals surface area contributed by atoms with Crippen molar-refractivity contribution in [2.24, 2.45) is 0 Å². The van der Waals surface area contributed by atoms with Crippen LogP contribution < -0.4 is 14.8 Å². The van der Waals surface area contributed by atoms with E-state index in [1.165, 1.54) is 54.9 Å². The minimum Gasteiger partial charge on any atom is -0.497 e. The molecule has 0 saturated carbocycles. The molecular weight excluding hydrogens is 498 g/mol. The molecular formula is C22H29N3O8S2. The molecule has 2 aromatic carbocycles. The topological polar surface area (TPSA) is 132 Å². The van der Waals surface area contributed by atoms with Crippen LogP contribution in [0.15, 0.2) is 58.3 Å². The first-order valence-electron chi connectivity index (χ1n) is 10.8. The highest BCUT2D eigenvalue weighted by atomic mass is 32.2. The van der Waals surface area contributed by atoms with Gasteiger partial charge in [-0.3, -0.25) is 4.79 Å². The van der Waals surface area contributed by atoms with Gasteiger partial charge in [0.15, 0.2) is 0 Å². The second kappa shape index (κ2) is 11.8. The molecule has 0 aliphatic carbocycles. The molecule has 1 fully saturated rings. The van der Waals surface area contributed by atoms with Crippen molar-refractivity contribution in [1.82, 2.24) is 13.9 Å². The number of likely N-dealkylation sites (N-methyl/N-ethyl adjacent to an activating group) is 1. The number of nitrogens with zero attached hydrogens (tertiary/aromatic N) is 2. The van der Waals surface area contributed by atoms with E-state index in [0.29, 0.717) is 37.8 Å². The van der Waals surface area contributed by atoms with Gasteiger partial charge in [0.2, 0.25) is 26.0 Å². The van der Waals surface area contributed by atoms with Crippen LogP contribution >= 0.6 is 0 Å². The summed E-state index contributed by atoms with van der Waals surface area (Å²) in [4.78, 5) is 12.4. The van der Waals surface area contributed by atoms with Crippen molar-refractivity contribution in [2.45, 2.75) is 9.79 Å². The lowest BCUT2D eigenvalue weighted by molar-refractivity contribution is -0.121. The lowest BCUT2D eigenvalue weighted by Crippen LogP contribution is -2.40. The molecule has 0 spiro atoms. The summed E-state index contributed by atoms with van der Waals surface area (Å²) >= 11 is 0. The standard InChI is InChI=1S/C22H29N3O8S2/c1-24(34(27,28)20-7-3-18(31-2)4-8-20)17-22(26)23-11-14-33-19-5-9-21(10-6-19)35(29,30)25-12-15-32-16-13-25/h3-10H,11-17H2,1-2H3,(H,23,26). The van der Waals surface area contributed by atoms with Gasteiger partial charge >= 0.3 is 0 Å². The second-order valence-electron chi connectivity index (χ2n) is 7.62. The number of ether oxygens (including phenoxy) is 3. The highest BCUT2D eigenvalue weighted by Gasteiger charge is 2.26. The minimum absolute atomic E-state index is 0.0519. The molecule has 1 aliphatic rings.